The fourth-order valence-corrected chi connectivity index (χ4v) is 3.23. The standard InChI is InChI=1S/C19H20FN3OS/c1-22(11-14-7-9-15(20)10-8-14)19(24)12-23-17-6-4-3-5-16(17)21-18(23)13-25-2/h3-10H,11-13H2,1-2H3. The summed E-state index contributed by atoms with van der Waals surface area (Å²) in [7, 11) is 1.76. The number of rotatable bonds is 6. The smallest absolute Gasteiger partial charge is 0.242 e. The van der Waals surface area contributed by atoms with Crippen molar-refractivity contribution in [3.63, 3.8) is 0 Å². The second-order valence-corrected chi connectivity index (χ2v) is 6.78. The fourth-order valence-electron chi connectivity index (χ4n) is 2.75. The Kier molecular flexibility index (Phi) is 5.38. The van der Waals surface area contributed by atoms with Crippen molar-refractivity contribution in [3.8, 4) is 0 Å². The number of halogens is 1. The van der Waals surface area contributed by atoms with E-state index < -0.39 is 0 Å². The van der Waals surface area contributed by atoms with Gasteiger partial charge in [0.05, 0.1) is 16.8 Å². The zero-order valence-corrected chi connectivity index (χ0v) is 15.1. The average Bonchev–Trinajstić information content (AvgIpc) is 2.95. The molecule has 0 saturated heterocycles. The van der Waals surface area contributed by atoms with E-state index in [1.165, 1.54) is 12.1 Å². The van der Waals surface area contributed by atoms with E-state index in [1.54, 1.807) is 35.8 Å². The molecule has 4 nitrogen and oxygen atoms in total. The van der Waals surface area contributed by atoms with E-state index in [4.69, 9.17) is 0 Å². The van der Waals surface area contributed by atoms with Crippen LogP contribution in [0.15, 0.2) is 48.5 Å². The van der Waals surface area contributed by atoms with Gasteiger partial charge in [0.1, 0.15) is 18.2 Å². The molecule has 3 aromatic rings. The predicted octanol–water partition coefficient (Wildman–Crippen LogP) is 3.70. The molecule has 0 aliphatic heterocycles. The SMILES string of the molecule is CSCc1nc2ccccc2n1CC(=O)N(C)Cc1ccc(F)cc1. The van der Waals surface area contributed by atoms with Crippen LogP contribution in [-0.4, -0.2) is 33.7 Å². The molecule has 0 unspecified atom stereocenters. The summed E-state index contributed by atoms with van der Waals surface area (Å²) >= 11 is 1.68. The molecule has 0 N–H and O–H groups in total. The summed E-state index contributed by atoms with van der Waals surface area (Å²) in [6, 6.07) is 14.1. The Morgan fingerprint density at radius 1 is 1.20 bits per heavy atom. The van der Waals surface area contributed by atoms with E-state index in [-0.39, 0.29) is 18.3 Å². The molecule has 6 heteroatoms. The Labute approximate surface area is 150 Å². The van der Waals surface area contributed by atoms with Crippen molar-refractivity contribution < 1.29 is 9.18 Å². The van der Waals surface area contributed by atoms with E-state index in [1.807, 2.05) is 35.1 Å². The summed E-state index contributed by atoms with van der Waals surface area (Å²) in [5, 5.41) is 0. The molecule has 0 radical (unpaired) electrons. The fraction of sp³-hybridized carbons (Fsp3) is 0.263. The van der Waals surface area contributed by atoms with Crippen LogP contribution < -0.4 is 0 Å². The second-order valence-electron chi connectivity index (χ2n) is 5.91. The number of fused-ring (bicyclic) bond motifs is 1. The summed E-state index contributed by atoms with van der Waals surface area (Å²) in [4.78, 5) is 19.0. The number of thioether (sulfide) groups is 1. The highest BCUT2D eigenvalue weighted by molar-refractivity contribution is 7.97. The number of nitrogens with zero attached hydrogens (tertiary/aromatic N) is 3. The second kappa shape index (κ2) is 7.70. The van der Waals surface area contributed by atoms with Crippen LogP contribution in [0.25, 0.3) is 11.0 Å². The van der Waals surface area contributed by atoms with Crippen LogP contribution in [0.5, 0.6) is 0 Å². The molecule has 0 aliphatic carbocycles. The highest BCUT2D eigenvalue weighted by Crippen LogP contribution is 2.19. The predicted molar refractivity (Wildman–Crippen MR) is 99.8 cm³/mol. The highest BCUT2D eigenvalue weighted by atomic mass is 32.2. The molecule has 1 amide bonds. The van der Waals surface area contributed by atoms with E-state index in [0.717, 1.165) is 28.2 Å². The van der Waals surface area contributed by atoms with Crippen LogP contribution in [0, 0.1) is 5.82 Å². The number of aromatic nitrogens is 2. The molecule has 130 valence electrons. The van der Waals surface area contributed by atoms with Gasteiger partial charge in [-0.05, 0) is 36.1 Å². The minimum absolute atomic E-state index is 0.00479. The van der Waals surface area contributed by atoms with Gasteiger partial charge in [-0.15, -0.1) is 0 Å². The molecule has 25 heavy (non-hydrogen) atoms. The number of para-hydroxylation sites is 2. The molecule has 3 rings (SSSR count). The van der Waals surface area contributed by atoms with E-state index in [2.05, 4.69) is 4.98 Å². The zero-order chi connectivity index (χ0) is 17.8. The Bertz CT molecular complexity index is 876. The monoisotopic (exact) mass is 357 g/mol. The maximum atomic E-state index is 13.0. The molecule has 0 spiro atoms. The van der Waals surface area contributed by atoms with Gasteiger partial charge < -0.3 is 9.47 Å². The molecular formula is C19H20FN3OS. The Hall–Kier alpha value is -2.34. The third-order valence-electron chi connectivity index (χ3n) is 4.06. The minimum atomic E-state index is -0.274. The van der Waals surface area contributed by atoms with Crippen molar-refractivity contribution in [1.82, 2.24) is 14.5 Å². The van der Waals surface area contributed by atoms with Gasteiger partial charge >= 0.3 is 0 Å². The maximum Gasteiger partial charge on any atom is 0.242 e. The van der Waals surface area contributed by atoms with E-state index in [9.17, 15) is 9.18 Å². The number of imidazole rings is 1. The van der Waals surface area contributed by atoms with Gasteiger partial charge in [-0.1, -0.05) is 24.3 Å². The van der Waals surface area contributed by atoms with Gasteiger partial charge in [-0.3, -0.25) is 4.79 Å². The summed E-state index contributed by atoms with van der Waals surface area (Å²) in [6.07, 6.45) is 2.02. The number of carbonyl (C=O) groups excluding carboxylic acids is 1. The number of benzene rings is 2. The van der Waals surface area contributed by atoms with Crippen LogP contribution in [0.3, 0.4) is 0 Å². The van der Waals surface area contributed by atoms with Crippen molar-refractivity contribution in [1.29, 1.82) is 0 Å². The van der Waals surface area contributed by atoms with Crippen LogP contribution in [0.4, 0.5) is 4.39 Å². The topological polar surface area (TPSA) is 38.1 Å². The lowest BCUT2D eigenvalue weighted by Gasteiger charge is -2.18. The molecule has 0 saturated carbocycles. The van der Waals surface area contributed by atoms with Gasteiger partial charge in [-0.2, -0.15) is 11.8 Å². The summed E-state index contributed by atoms with van der Waals surface area (Å²) in [5.74, 6) is 1.38. The van der Waals surface area contributed by atoms with Crippen LogP contribution in [-0.2, 0) is 23.6 Å². The van der Waals surface area contributed by atoms with Gasteiger partial charge in [0, 0.05) is 13.6 Å². The molecule has 0 fully saturated rings. The lowest BCUT2D eigenvalue weighted by Crippen LogP contribution is -2.30. The number of carbonyl (C=O) groups is 1. The Balaban J connectivity index is 1.78. The number of likely N-dealkylation sites (N-methyl/N-ethyl adjacent to an activating group) is 1. The van der Waals surface area contributed by atoms with Crippen molar-refractivity contribution in [2.45, 2.75) is 18.8 Å². The van der Waals surface area contributed by atoms with Crippen molar-refractivity contribution in [2.24, 2.45) is 0 Å². The Morgan fingerprint density at radius 2 is 1.92 bits per heavy atom. The van der Waals surface area contributed by atoms with E-state index in [0.29, 0.717) is 6.54 Å². The summed E-state index contributed by atoms with van der Waals surface area (Å²) < 4.78 is 15.0. The van der Waals surface area contributed by atoms with Gasteiger partial charge in [-0.25, -0.2) is 9.37 Å². The average molecular weight is 357 g/mol. The highest BCUT2D eigenvalue weighted by Gasteiger charge is 2.16. The molecular weight excluding hydrogens is 337 g/mol. The maximum absolute atomic E-state index is 13.0. The molecule has 0 aliphatic rings. The molecule has 1 aromatic heterocycles. The van der Waals surface area contributed by atoms with Crippen molar-refractivity contribution in [3.05, 3.63) is 65.7 Å². The lowest BCUT2D eigenvalue weighted by molar-refractivity contribution is -0.131. The Morgan fingerprint density at radius 3 is 2.64 bits per heavy atom. The first-order valence-corrected chi connectivity index (χ1v) is 9.39. The first-order valence-electron chi connectivity index (χ1n) is 8.00. The largest absolute Gasteiger partial charge is 0.340 e. The molecule has 0 atom stereocenters. The normalized spacial score (nSPS) is 11.0. The van der Waals surface area contributed by atoms with E-state index >= 15 is 0 Å². The first kappa shape index (κ1) is 17.5. The van der Waals surface area contributed by atoms with Crippen LogP contribution in [0.2, 0.25) is 0 Å². The summed E-state index contributed by atoms with van der Waals surface area (Å²) in [5.41, 5.74) is 2.77. The molecule has 2 aromatic carbocycles. The van der Waals surface area contributed by atoms with Gasteiger partial charge in [0.2, 0.25) is 5.91 Å². The zero-order valence-electron chi connectivity index (χ0n) is 14.3. The number of hydrogen-bond acceptors (Lipinski definition) is 3. The minimum Gasteiger partial charge on any atom is -0.340 e. The van der Waals surface area contributed by atoms with Gasteiger partial charge in [0.15, 0.2) is 0 Å². The van der Waals surface area contributed by atoms with Gasteiger partial charge in [0.25, 0.3) is 0 Å². The number of amides is 1. The third kappa shape index (κ3) is 4.02. The van der Waals surface area contributed by atoms with Crippen molar-refractivity contribution in [2.75, 3.05) is 13.3 Å². The first-order chi connectivity index (χ1) is 12.1. The quantitative estimate of drug-likeness (QED) is 0.675. The summed E-state index contributed by atoms with van der Waals surface area (Å²) in [6.45, 7) is 0.692. The molecule has 0 bridgehead atoms. The van der Waals surface area contributed by atoms with Crippen LogP contribution >= 0.6 is 11.8 Å². The third-order valence-corrected chi connectivity index (χ3v) is 4.61. The molecule has 1 heterocycles. The van der Waals surface area contributed by atoms with Crippen molar-refractivity contribution >= 4 is 28.7 Å². The van der Waals surface area contributed by atoms with Crippen LogP contribution in [0.1, 0.15) is 11.4 Å². The lowest BCUT2D eigenvalue weighted by atomic mass is 10.2. The number of hydrogen-bond donors (Lipinski definition) is 0.